The Hall–Kier alpha value is -1.88. The Labute approximate surface area is 110 Å². The molecule has 0 bridgehead atoms. The molecule has 5 nitrogen and oxygen atoms in total. The summed E-state index contributed by atoms with van der Waals surface area (Å²) in [6.45, 7) is 1.80. The molecule has 0 radical (unpaired) electrons. The fourth-order valence-corrected chi connectivity index (χ4v) is 2.62. The lowest BCUT2D eigenvalue weighted by molar-refractivity contribution is 0.446. The number of nitrogens with zero attached hydrogens (tertiary/aromatic N) is 2. The number of phenolic OH excluding ortho intramolecular Hbond substituents is 1. The van der Waals surface area contributed by atoms with E-state index in [4.69, 9.17) is 0 Å². The number of nitrogens with one attached hydrogen (secondary N) is 1. The molecule has 0 amide bonds. The van der Waals surface area contributed by atoms with E-state index in [9.17, 15) is 9.90 Å². The standard InChI is InChI=1S/C14H17N3O2/c18-11-4-5-13-12(7-11)14(19)17(9-16-13)10-3-1-2-6-15-8-10/h4-5,7,9-10,15,18H,1-3,6,8H2. The molecule has 1 unspecified atom stereocenters. The van der Waals surface area contributed by atoms with Crippen LogP contribution < -0.4 is 10.9 Å². The van der Waals surface area contributed by atoms with Crippen molar-refractivity contribution >= 4 is 10.9 Å². The van der Waals surface area contributed by atoms with Gasteiger partial charge in [-0.15, -0.1) is 0 Å². The fraction of sp³-hybridized carbons (Fsp3) is 0.429. The number of aromatic nitrogens is 2. The second-order valence-electron chi connectivity index (χ2n) is 5.01. The number of phenols is 1. The second kappa shape index (κ2) is 5.01. The zero-order valence-corrected chi connectivity index (χ0v) is 10.7. The first kappa shape index (κ1) is 12.2. The lowest BCUT2D eigenvalue weighted by Gasteiger charge is -2.17. The van der Waals surface area contributed by atoms with Crippen molar-refractivity contribution in [2.75, 3.05) is 13.1 Å². The summed E-state index contributed by atoms with van der Waals surface area (Å²) in [7, 11) is 0. The topological polar surface area (TPSA) is 67.1 Å². The molecule has 1 aliphatic rings. The average Bonchev–Trinajstić information content (AvgIpc) is 2.69. The number of hydrogen-bond donors (Lipinski definition) is 2. The zero-order chi connectivity index (χ0) is 13.2. The molecule has 19 heavy (non-hydrogen) atoms. The van der Waals surface area contributed by atoms with Gasteiger partial charge < -0.3 is 10.4 Å². The fourth-order valence-electron chi connectivity index (χ4n) is 2.62. The molecule has 1 aromatic carbocycles. The van der Waals surface area contributed by atoms with Crippen LogP contribution in [0.15, 0.2) is 29.3 Å². The van der Waals surface area contributed by atoms with Crippen LogP contribution in [0.4, 0.5) is 0 Å². The minimum absolute atomic E-state index is 0.0744. The summed E-state index contributed by atoms with van der Waals surface area (Å²) < 4.78 is 1.69. The Balaban J connectivity index is 2.08. The molecule has 0 aliphatic carbocycles. The van der Waals surface area contributed by atoms with Gasteiger partial charge in [0.05, 0.1) is 23.3 Å². The Morgan fingerprint density at radius 1 is 1.37 bits per heavy atom. The SMILES string of the molecule is O=c1c2cc(O)ccc2ncn1C1CCCCNC1. The van der Waals surface area contributed by atoms with Crippen LogP contribution in [0.1, 0.15) is 25.3 Å². The molecule has 1 fully saturated rings. The average molecular weight is 259 g/mol. The molecule has 1 atom stereocenters. The van der Waals surface area contributed by atoms with Crippen molar-refractivity contribution < 1.29 is 5.11 Å². The first-order valence-corrected chi connectivity index (χ1v) is 6.66. The highest BCUT2D eigenvalue weighted by Crippen LogP contribution is 2.18. The number of aromatic hydroxyl groups is 1. The van der Waals surface area contributed by atoms with E-state index in [2.05, 4.69) is 10.3 Å². The van der Waals surface area contributed by atoms with Crippen LogP contribution in [-0.2, 0) is 0 Å². The van der Waals surface area contributed by atoms with E-state index in [-0.39, 0.29) is 17.4 Å². The lowest BCUT2D eigenvalue weighted by Crippen LogP contribution is -2.31. The number of rotatable bonds is 1. The molecule has 0 saturated carbocycles. The van der Waals surface area contributed by atoms with E-state index in [1.54, 1.807) is 23.0 Å². The minimum atomic E-state index is -0.0744. The van der Waals surface area contributed by atoms with Crippen LogP contribution in [0.5, 0.6) is 5.75 Å². The van der Waals surface area contributed by atoms with Crippen molar-refractivity contribution in [2.24, 2.45) is 0 Å². The highest BCUT2D eigenvalue weighted by atomic mass is 16.3. The van der Waals surface area contributed by atoms with Gasteiger partial charge >= 0.3 is 0 Å². The molecular weight excluding hydrogens is 242 g/mol. The first-order chi connectivity index (χ1) is 9.25. The van der Waals surface area contributed by atoms with Crippen LogP contribution >= 0.6 is 0 Å². The van der Waals surface area contributed by atoms with Crippen LogP contribution in [0, 0.1) is 0 Å². The lowest BCUT2D eigenvalue weighted by atomic mass is 10.1. The van der Waals surface area contributed by atoms with Crippen molar-refractivity contribution in [3.05, 3.63) is 34.9 Å². The molecule has 5 heteroatoms. The molecule has 0 spiro atoms. The van der Waals surface area contributed by atoms with Crippen molar-refractivity contribution in [1.82, 2.24) is 14.9 Å². The minimum Gasteiger partial charge on any atom is -0.508 e. The molecule has 2 N–H and O–H groups in total. The maximum absolute atomic E-state index is 12.5. The molecule has 1 aromatic heterocycles. The van der Waals surface area contributed by atoms with Crippen LogP contribution in [0.3, 0.4) is 0 Å². The summed E-state index contributed by atoms with van der Waals surface area (Å²) in [5.74, 6) is 0.100. The summed E-state index contributed by atoms with van der Waals surface area (Å²) in [4.78, 5) is 16.8. The van der Waals surface area contributed by atoms with E-state index in [0.29, 0.717) is 10.9 Å². The van der Waals surface area contributed by atoms with Gasteiger partial charge in [-0.3, -0.25) is 9.36 Å². The predicted molar refractivity (Wildman–Crippen MR) is 73.4 cm³/mol. The zero-order valence-electron chi connectivity index (χ0n) is 10.7. The maximum atomic E-state index is 12.5. The van der Waals surface area contributed by atoms with Gasteiger partial charge in [0, 0.05) is 6.54 Å². The first-order valence-electron chi connectivity index (χ1n) is 6.66. The summed E-state index contributed by atoms with van der Waals surface area (Å²) in [5.41, 5.74) is 0.551. The molecule has 100 valence electrons. The number of hydrogen-bond acceptors (Lipinski definition) is 4. The van der Waals surface area contributed by atoms with Gasteiger partial charge in [-0.2, -0.15) is 0 Å². The van der Waals surface area contributed by atoms with Gasteiger partial charge in [0.2, 0.25) is 0 Å². The van der Waals surface area contributed by atoms with Gasteiger partial charge in [-0.25, -0.2) is 4.98 Å². The van der Waals surface area contributed by atoms with E-state index >= 15 is 0 Å². The second-order valence-corrected chi connectivity index (χ2v) is 5.01. The highest BCUT2D eigenvalue weighted by molar-refractivity contribution is 5.78. The van der Waals surface area contributed by atoms with Gasteiger partial charge in [0.25, 0.3) is 5.56 Å². The highest BCUT2D eigenvalue weighted by Gasteiger charge is 2.16. The van der Waals surface area contributed by atoms with E-state index in [0.717, 1.165) is 32.4 Å². The van der Waals surface area contributed by atoms with Crippen molar-refractivity contribution in [3.8, 4) is 5.75 Å². The quantitative estimate of drug-likeness (QED) is 0.812. The Kier molecular flexibility index (Phi) is 3.21. The van der Waals surface area contributed by atoms with Gasteiger partial charge in [0.15, 0.2) is 0 Å². The van der Waals surface area contributed by atoms with Gasteiger partial charge in [-0.1, -0.05) is 6.42 Å². The molecule has 3 rings (SSSR count). The van der Waals surface area contributed by atoms with E-state index in [1.807, 2.05) is 0 Å². The van der Waals surface area contributed by atoms with Crippen molar-refractivity contribution in [3.63, 3.8) is 0 Å². The van der Waals surface area contributed by atoms with Crippen molar-refractivity contribution in [2.45, 2.75) is 25.3 Å². The largest absolute Gasteiger partial charge is 0.508 e. The molecule has 1 saturated heterocycles. The van der Waals surface area contributed by atoms with E-state index < -0.39 is 0 Å². The normalized spacial score (nSPS) is 20.3. The molecule has 2 aromatic rings. The van der Waals surface area contributed by atoms with Crippen LogP contribution in [-0.4, -0.2) is 27.7 Å². The van der Waals surface area contributed by atoms with Gasteiger partial charge in [0.1, 0.15) is 5.75 Å². The molecule has 2 heterocycles. The Bertz CT molecular complexity index is 643. The van der Waals surface area contributed by atoms with E-state index in [1.165, 1.54) is 6.07 Å². The van der Waals surface area contributed by atoms with Crippen LogP contribution in [0.2, 0.25) is 0 Å². The summed E-state index contributed by atoms with van der Waals surface area (Å²) in [6, 6.07) is 4.86. The summed E-state index contributed by atoms with van der Waals surface area (Å²) in [6.07, 6.45) is 4.87. The number of fused-ring (bicyclic) bond motifs is 1. The predicted octanol–water partition coefficient (Wildman–Crippen LogP) is 1.42. The third-order valence-corrected chi connectivity index (χ3v) is 3.68. The Morgan fingerprint density at radius 2 is 2.26 bits per heavy atom. The monoisotopic (exact) mass is 259 g/mol. The molecular formula is C14H17N3O2. The maximum Gasteiger partial charge on any atom is 0.261 e. The third kappa shape index (κ3) is 2.33. The van der Waals surface area contributed by atoms with Crippen molar-refractivity contribution in [1.29, 1.82) is 0 Å². The summed E-state index contributed by atoms with van der Waals surface area (Å²) in [5, 5.41) is 13.3. The third-order valence-electron chi connectivity index (χ3n) is 3.68. The van der Waals surface area contributed by atoms with Gasteiger partial charge in [-0.05, 0) is 37.6 Å². The Morgan fingerprint density at radius 3 is 3.16 bits per heavy atom. The number of benzene rings is 1. The smallest absolute Gasteiger partial charge is 0.261 e. The summed E-state index contributed by atoms with van der Waals surface area (Å²) >= 11 is 0. The van der Waals surface area contributed by atoms with Crippen LogP contribution in [0.25, 0.3) is 10.9 Å². The molecule has 1 aliphatic heterocycles.